The van der Waals surface area contributed by atoms with E-state index in [-0.39, 0.29) is 13.0 Å². The standard InChI is InChI=1S/C26H32F3NO5/c27-26(28,29)25(32)35-24(31)14-16-30-15-8-12-21-11-7-13-23(19-21)34-18-6-2-5-17-33-20-22-9-3-1-4-10-22/h1,3-4,7,9-11,13,19,30H,2,5-6,8,12,14-18,20H2. The first kappa shape index (κ1) is 28.3. The van der Waals surface area contributed by atoms with Gasteiger partial charge in [-0.25, -0.2) is 4.79 Å². The Morgan fingerprint density at radius 3 is 2.34 bits per heavy atom. The summed E-state index contributed by atoms with van der Waals surface area (Å²) in [6.45, 7) is 2.69. The van der Waals surface area contributed by atoms with Crippen LogP contribution in [0.3, 0.4) is 0 Å². The second-order valence-electron chi connectivity index (χ2n) is 7.96. The maximum absolute atomic E-state index is 12.0. The van der Waals surface area contributed by atoms with E-state index in [2.05, 4.69) is 10.1 Å². The van der Waals surface area contributed by atoms with E-state index in [0.29, 0.717) is 19.8 Å². The second-order valence-corrected chi connectivity index (χ2v) is 7.96. The number of ether oxygens (including phenoxy) is 3. The SMILES string of the molecule is O=C(CCNCCCc1cccc(OCCCCCOCc2ccccc2)c1)OC(=O)C(F)(F)F. The number of rotatable bonds is 16. The second kappa shape index (κ2) is 15.9. The quantitative estimate of drug-likeness (QED) is 0.201. The van der Waals surface area contributed by atoms with E-state index >= 15 is 0 Å². The minimum Gasteiger partial charge on any atom is -0.494 e. The van der Waals surface area contributed by atoms with Gasteiger partial charge in [0, 0.05) is 13.2 Å². The fourth-order valence-electron chi connectivity index (χ4n) is 3.17. The van der Waals surface area contributed by atoms with Crippen LogP contribution < -0.4 is 10.1 Å². The van der Waals surface area contributed by atoms with Crippen LogP contribution in [0.5, 0.6) is 5.75 Å². The summed E-state index contributed by atoms with van der Waals surface area (Å²) in [4.78, 5) is 21.8. The van der Waals surface area contributed by atoms with Crippen molar-refractivity contribution in [1.29, 1.82) is 0 Å². The van der Waals surface area contributed by atoms with Crippen molar-refractivity contribution in [2.45, 2.75) is 51.3 Å². The molecule has 2 aromatic carbocycles. The van der Waals surface area contributed by atoms with Gasteiger partial charge in [0.2, 0.25) is 0 Å². The average molecular weight is 496 g/mol. The number of benzene rings is 2. The van der Waals surface area contributed by atoms with E-state index in [1.165, 1.54) is 5.56 Å². The number of alkyl halides is 3. The summed E-state index contributed by atoms with van der Waals surface area (Å²) in [5, 5.41) is 2.95. The zero-order chi connectivity index (χ0) is 25.4. The molecular formula is C26H32F3NO5. The summed E-state index contributed by atoms with van der Waals surface area (Å²) >= 11 is 0. The molecule has 9 heteroatoms. The fraction of sp³-hybridized carbons (Fsp3) is 0.462. The van der Waals surface area contributed by atoms with Crippen LogP contribution in [0.25, 0.3) is 0 Å². The van der Waals surface area contributed by atoms with Gasteiger partial charge >= 0.3 is 18.1 Å². The van der Waals surface area contributed by atoms with Gasteiger partial charge < -0.3 is 19.5 Å². The lowest BCUT2D eigenvalue weighted by atomic mass is 10.1. The van der Waals surface area contributed by atoms with Crippen molar-refractivity contribution in [2.75, 3.05) is 26.3 Å². The molecule has 0 saturated carbocycles. The van der Waals surface area contributed by atoms with Gasteiger partial charge in [0.25, 0.3) is 0 Å². The number of aryl methyl sites for hydroxylation is 1. The number of unbranched alkanes of at least 4 members (excludes halogenated alkanes) is 2. The van der Waals surface area contributed by atoms with E-state index < -0.39 is 18.1 Å². The minimum absolute atomic E-state index is 0.129. The van der Waals surface area contributed by atoms with Crippen molar-refractivity contribution < 1.29 is 37.0 Å². The summed E-state index contributed by atoms with van der Waals surface area (Å²) in [5.41, 5.74) is 2.28. The van der Waals surface area contributed by atoms with Crippen LogP contribution in [-0.2, 0) is 32.1 Å². The highest BCUT2D eigenvalue weighted by Crippen LogP contribution is 2.17. The van der Waals surface area contributed by atoms with Crippen molar-refractivity contribution in [2.24, 2.45) is 0 Å². The maximum Gasteiger partial charge on any atom is 0.491 e. The Balaban J connectivity index is 1.48. The third-order valence-corrected chi connectivity index (χ3v) is 4.97. The number of halogens is 3. The lowest BCUT2D eigenvalue weighted by Gasteiger charge is -2.09. The molecule has 0 atom stereocenters. The average Bonchev–Trinajstić information content (AvgIpc) is 2.83. The van der Waals surface area contributed by atoms with E-state index in [9.17, 15) is 22.8 Å². The van der Waals surface area contributed by atoms with Crippen molar-refractivity contribution >= 4 is 11.9 Å². The third-order valence-electron chi connectivity index (χ3n) is 4.97. The molecule has 2 rings (SSSR count). The Hall–Kier alpha value is -2.91. The third kappa shape index (κ3) is 12.9. The first-order valence-corrected chi connectivity index (χ1v) is 11.7. The predicted octanol–water partition coefficient (Wildman–Crippen LogP) is 5.00. The summed E-state index contributed by atoms with van der Waals surface area (Å²) in [6, 6.07) is 17.9. The van der Waals surface area contributed by atoms with Gasteiger partial charge in [0.05, 0.1) is 19.6 Å². The topological polar surface area (TPSA) is 73.9 Å². The molecule has 0 aliphatic heterocycles. The van der Waals surface area contributed by atoms with Crippen LogP contribution >= 0.6 is 0 Å². The number of hydrogen-bond donors (Lipinski definition) is 1. The van der Waals surface area contributed by atoms with Crippen LogP contribution in [-0.4, -0.2) is 44.4 Å². The summed E-state index contributed by atoms with van der Waals surface area (Å²) in [7, 11) is 0. The van der Waals surface area contributed by atoms with Gasteiger partial charge in [0.1, 0.15) is 5.75 Å². The molecule has 0 aromatic heterocycles. The van der Waals surface area contributed by atoms with Crippen LogP contribution in [0.2, 0.25) is 0 Å². The normalized spacial score (nSPS) is 11.3. The lowest BCUT2D eigenvalue weighted by molar-refractivity contribution is -0.201. The highest BCUT2D eigenvalue weighted by Gasteiger charge is 2.42. The molecule has 0 bridgehead atoms. The highest BCUT2D eigenvalue weighted by molar-refractivity contribution is 5.88. The lowest BCUT2D eigenvalue weighted by Crippen LogP contribution is -2.29. The first-order chi connectivity index (χ1) is 16.8. The molecule has 6 nitrogen and oxygen atoms in total. The first-order valence-electron chi connectivity index (χ1n) is 11.7. The van der Waals surface area contributed by atoms with Crippen LogP contribution in [0.4, 0.5) is 13.2 Å². The number of esters is 2. The zero-order valence-corrected chi connectivity index (χ0v) is 19.6. The van der Waals surface area contributed by atoms with Gasteiger partial charge in [0.15, 0.2) is 0 Å². The van der Waals surface area contributed by atoms with Gasteiger partial charge in [-0.2, -0.15) is 13.2 Å². The van der Waals surface area contributed by atoms with E-state index in [1.54, 1.807) is 0 Å². The molecule has 2 aromatic rings. The number of hydrogen-bond acceptors (Lipinski definition) is 6. The monoisotopic (exact) mass is 495 g/mol. The van der Waals surface area contributed by atoms with E-state index in [4.69, 9.17) is 9.47 Å². The summed E-state index contributed by atoms with van der Waals surface area (Å²) < 4.78 is 51.3. The fourth-order valence-corrected chi connectivity index (χ4v) is 3.17. The van der Waals surface area contributed by atoms with Crippen LogP contribution in [0, 0.1) is 0 Å². The van der Waals surface area contributed by atoms with E-state index in [1.807, 2.05) is 54.6 Å². The molecule has 0 aliphatic rings. The molecule has 1 N–H and O–H groups in total. The van der Waals surface area contributed by atoms with Crippen LogP contribution in [0.1, 0.15) is 43.2 Å². The molecule has 0 amide bonds. The maximum atomic E-state index is 12.0. The van der Waals surface area contributed by atoms with Crippen molar-refractivity contribution in [3.63, 3.8) is 0 Å². The van der Waals surface area contributed by atoms with Crippen molar-refractivity contribution in [3.05, 3.63) is 65.7 Å². The molecule has 35 heavy (non-hydrogen) atoms. The molecule has 192 valence electrons. The Morgan fingerprint density at radius 2 is 1.57 bits per heavy atom. The van der Waals surface area contributed by atoms with Crippen molar-refractivity contribution in [1.82, 2.24) is 5.32 Å². The smallest absolute Gasteiger partial charge is 0.491 e. The van der Waals surface area contributed by atoms with Crippen molar-refractivity contribution in [3.8, 4) is 5.75 Å². The predicted molar refractivity (Wildman–Crippen MR) is 125 cm³/mol. The Bertz CT molecular complexity index is 890. The summed E-state index contributed by atoms with van der Waals surface area (Å²) in [6.07, 6.45) is -0.982. The molecule has 0 unspecified atom stereocenters. The minimum atomic E-state index is -5.17. The zero-order valence-electron chi connectivity index (χ0n) is 19.6. The van der Waals surface area contributed by atoms with Gasteiger partial charge in [-0.1, -0.05) is 42.5 Å². The number of carbonyl (C=O) groups is 2. The molecule has 0 aliphatic carbocycles. The van der Waals surface area contributed by atoms with Gasteiger partial charge in [-0.3, -0.25) is 4.79 Å². The van der Waals surface area contributed by atoms with E-state index in [0.717, 1.165) is 50.0 Å². The Labute approximate surface area is 203 Å². The highest BCUT2D eigenvalue weighted by atomic mass is 19.4. The Morgan fingerprint density at radius 1 is 0.829 bits per heavy atom. The molecule has 0 spiro atoms. The molecule has 0 fully saturated rings. The van der Waals surface area contributed by atoms with Gasteiger partial charge in [-0.05, 0) is 61.9 Å². The van der Waals surface area contributed by atoms with Gasteiger partial charge in [-0.15, -0.1) is 0 Å². The van der Waals surface area contributed by atoms with Crippen LogP contribution in [0.15, 0.2) is 54.6 Å². The summed E-state index contributed by atoms with van der Waals surface area (Å²) in [5.74, 6) is -2.88. The number of carbonyl (C=O) groups excluding carboxylic acids is 2. The molecule has 0 saturated heterocycles. The molecule has 0 radical (unpaired) electrons. The molecule has 0 heterocycles. The molecular weight excluding hydrogens is 463 g/mol. The Kier molecular flexibility index (Phi) is 12.9. The number of nitrogens with one attached hydrogen (secondary N) is 1. The largest absolute Gasteiger partial charge is 0.494 e.